The summed E-state index contributed by atoms with van der Waals surface area (Å²) in [5, 5.41) is 17.0. The lowest BCUT2D eigenvalue weighted by atomic mass is 9.98. The van der Waals surface area contributed by atoms with Crippen molar-refractivity contribution in [3.8, 4) is 11.1 Å². The highest BCUT2D eigenvalue weighted by Crippen LogP contribution is 2.44. The molecule has 0 aromatic heterocycles. The van der Waals surface area contributed by atoms with Gasteiger partial charge in [0, 0.05) is 12.5 Å². The molecular formula is C29H37N3O7. The summed E-state index contributed by atoms with van der Waals surface area (Å²) < 4.78 is 10.6. The quantitative estimate of drug-likeness (QED) is 0.314. The van der Waals surface area contributed by atoms with Crippen LogP contribution in [0.2, 0.25) is 0 Å². The zero-order chi connectivity index (χ0) is 28.6. The molecule has 0 heterocycles. The molecule has 2 atom stereocenters. The summed E-state index contributed by atoms with van der Waals surface area (Å²) >= 11 is 0. The number of ether oxygens (including phenoxy) is 2. The normalized spacial score (nSPS) is 13.8. The van der Waals surface area contributed by atoms with Gasteiger partial charge in [-0.05, 0) is 69.2 Å². The van der Waals surface area contributed by atoms with E-state index in [0.717, 1.165) is 22.3 Å². The van der Waals surface area contributed by atoms with Crippen LogP contribution in [-0.2, 0) is 19.1 Å². The number of benzene rings is 2. The molecule has 3 amide bonds. The molecule has 2 aromatic carbocycles. The van der Waals surface area contributed by atoms with E-state index >= 15 is 0 Å². The van der Waals surface area contributed by atoms with Gasteiger partial charge in [-0.25, -0.2) is 14.4 Å². The van der Waals surface area contributed by atoms with Crippen LogP contribution in [0.3, 0.4) is 0 Å². The van der Waals surface area contributed by atoms with Crippen molar-refractivity contribution in [3.63, 3.8) is 0 Å². The van der Waals surface area contributed by atoms with Crippen molar-refractivity contribution in [2.45, 2.75) is 70.6 Å². The largest absolute Gasteiger partial charge is 0.480 e. The van der Waals surface area contributed by atoms with E-state index in [1.165, 1.54) is 6.92 Å². The first-order valence-corrected chi connectivity index (χ1v) is 13.1. The number of unbranched alkanes of at least 4 members (excludes halogenated alkanes) is 1. The number of hydrogen-bond donors (Lipinski definition) is 4. The molecule has 10 nitrogen and oxygen atoms in total. The van der Waals surface area contributed by atoms with Crippen LogP contribution >= 0.6 is 0 Å². The highest BCUT2D eigenvalue weighted by atomic mass is 16.6. The predicted octanol–water partition coefficient (Wildman–Crippen LogP) is 4.18. The molecule has 1 aliphatic carbocycles. The lowest BCUT2D eigenvalue weighted by Crippen LogP contribution is -2.50. The predicted molar refractivity (Wildman–Crippen MR) is 145 cm³/mol. The number of alkyl carbamates (subject to hydrolysis) is 2. The summed E-state index contributed by atoms with van der Waals surface area (Å²) in [6.07, 6.45) is -0.194. The van der Waals surface area contributed by atoms with E-state index in [1.54, 1.807) is 20.8 Å². The third-order valence-corrected chi connectivity index (χ3v) is 6.27. The summed E-state index contributed by atoms with van der Waals surface area (Å²) in [6, 6.07) is 13.8. The molecule has 0 saturated heterocycles. The van der Waals surface area contributed by atoms with Crippen LogP contribution in [0.25, 0.3) is 11.1 Å². The number of carbonyl (C=O) groups is 4. The van der Waals surface area contributed by atoms with E-state index in [1.807, 2.05) is 48.5 Å². The topological polar surface area (TPSA) is 143 Å². The Balaban J connectivity index is 1.43. The van der Waals surface area contributed by atoms with E-state index in [9.17, 15) is 24.3 Å². The molecule has 39 heavy (non-hydrogen) atoms. The van der Waals surface area contributed by atoms with Crippen LogP contribution in [0.1, 0.15) is 64.0 Å². The molecule has 4 N–H and O–H groups in total. The zero-order valence-corrected chi connectivity index (χ0v) is 22.8. The minimum absolute atomic E-state index is 0.100. The third kappa shape index (κ3) is 8.46. The molecule has 0 spiro atoms. The fraction of sp³-hybridized carbons (Fsp3) is 0.448. The highest BCUT2D eigenvalue weighted by molar-refractivity contribution is 5.89. The number of carboxylic acid groups (broad SMARTS) is 1. The summed E-state index contributed by atoms with van der Waals surface area (Å²) in [4.78, 5) is 48.4. The summed E-state index contributed by atoms with van der Waals surface area (Å²) in [7, 11) is 0. The highest BCUT2D eigenvalue weighted by Gasteiger charge is 2.30. The van der Waals surface area contributed by atoms with Crippen LogP contribution in [0, 0.1) is 0 Å². The molecule has 0 unspecified atom stereocenters. The van der Waals surface area contributed by atoms with Gasteiger partial charge in [0.2, 0.25) is 5.91 Å². The van der Waals surface area contributed by atoms with Crippen molar-refractivity contribution in [1.82, 2.24) is 16.0 Å². The van der Waals surface area contributed by atoms with Gasteiger partial charge in [-0.3, -0.25) is 4.79 Å². The number of fused-ring (bicyclic) bond motifs is 3. The monoisotopic (exact) mass is 539 g/mol. The Morgan fingerprint density at radius 1 is 0.897 bits per heavy atom. The zero-order valence-electron chi connectivity index (χ0n) is 22.8. The van der Waals surface area contributed by atoms with Gasteiger partial charge in [0.25, 0.3) is 0 Å². The van der Waals surface area contributed by atoms with E-state index in [2.05, 4.69) is 16.0 Å². The van der Waals surface area contributed by atoms with Crippen molar-refractivity contribution in [1.29, 1.82) is 0 Å². The summed E-state index contributed by atoms with van der Waals surface area (Å²) in [6.45, 7) is 7.15. The minimum Gasteiger partial charge on any atom is -0.480 e. The molecule has 0 aliphatic heterocycles. The Morgan fingerprint density at radius 3 is 2.05 bits per heavy atom. The molecule has 0 radical (unpaired) electrons. The van der Waals surface area contributed by atoms with E-state index in [0.29, 0.717) is 19.4 Å². The van der Waals surface area contributed by atoms with Gasteiger partial charge in [-0.2, -0.15) is 0 Å². The first-order chi connectivity index (χ1) is 18.5. The number of nitrogens with one attached hydrogen (secondary N) is 3. The number of carboxylic acids is 1. The lowest BCUT2D eigenvalue weighted by molar-refractivity contribution is -0.142. The van der Waals surface area contributed by atoms with Gasteiger partial charge in [-0.15, -0.1) is 0 Å². The lowest BCUT2D eigenvalue weighted by Gasteiger charge is -2.20. The Kier molecular flexibility index (Phi) is 9.92. The molecular weight excluding hydrogens is 502 g/mol. The smallest absolute Gasteiger partial charge is 0.407 e. The van der Waals surface area contributed by atoms with Crippen LogP contribution in [0.15, 0.2) is 48.5 Å². The molecule has 0 fully saturated rings. The average Bonchev–Trinajstić information content (AvgIpc) is 3.19. The Hall–Kier alpha value is -4.08. The van der Waals surface area contributed by atoms with Gasteiger partial charge >= 0.3 is 18.2 Å². The second-order valence-electron chi connectivity index (χ2n) is 10.5. The molecule has 10 heteroatoms. The molecule has 0 bridgehead atoms. The second-order valence-corrected chi connectivity index (χ2v) is 10.5. The molecule has 3 rings (SSSR count). The maximum atomic E-state index is 12.6. The van der Waals surface area contributed by atoms with E-state index in [4.69, 9.17) is 9.47 Å². The van der Waals surface area contributed by atoms with Crippen LogP contribution in [0.4, 0.5) is 9.59 Å². The number of aliphatic carboxylic acids is 1. The van der Waals surface area contributed by atoms with Crippen LogP contribution in [-0.4, -0.2) is 60.0 Å². The summed E-state index contributed by atoms with van der Waals surface area (Å²) in [5.41, 5.74) is 3.75. The van der Waals surface area contributed by atoms with Gasteiger partial charge in [0.15, 0.2) is 0 Å². The molecule has 2 aromatic rings. The Bertz CT molecular complexity index is 1150. The number of amides is 3. The second kappa shape index (κ2) is 13.1. The van der Waals surface area contributed by atoms with Crippen molar-refractivity contribution in [3.05, 3.63) is 59.7 Å². The number of hydrogen-bond acceptors (Lipinski definition) is 6. The maximum absolute atomic E-state index is 12.6. The first-order valence-electron chi connectivity index (χ1n) is 13.1. The van der Waals surface area contributed by atoms with Crippen LogP contribution < -0.4 is 16.0 Å². The van der Waals surface area contributed by atoms with Gasteiger partial charge in [0.05, 0.1) is 0 Å². The van der Waals surface area contributed by atoms with Gasteiger partial charge in [0.1, 0.15) is 24.3 Å². The van der Waals surface area contributed by atoms with Gasteiger partial charge < -0.3 is 30.5 Å². The third-order valence-electron chi connectivity index (χ3n) is 6.27. The van der Waals surface area contributed by atoms with Gasteiger partial charge in [-0.1, -0.05) is 48.5 Å². The maximum Gasteiger partial charge on any atom is 0.407 e. The van der Waals surface area contributed by atoms with Crippen molar-refractivity contribution in [2.75, 3.05) is 13.2 Å². The SMILES string of the molecule is C[C@@H](NC(=O)OCC1c2ccccc2-c2ccccc21)C(=O)N[C@H](CCCCNC(=O)OC(C)(C)C)C(=O)O. The molecule has 1 aliphatic rings. The van der Waals surface area contributed by atoms with Crippen molar-refractivity contribution < 1.29 is 33.8 Å². The Morgan fingerprint density at radius 2 is 1.49 bits per heavy atom. The molecule has 210 valence electrons. The standard InChI is InChI=1S/C29H37N3O7/c1-18(25(33)32-24(26(34)35)15-9-10-16-30-27(36)39-29(2,3)4)31-28(37)38-17-23-21-13-7-5-11-19(21)20-12-6-8-14-22(20)23/h5-8,11-14,18,23-24H,9-10,15-17H2,1-4H3,(H,30,36)(H,31,37)(H,32,33)(H,34,35)/t18-,24-/m1/s1. The van der Waals surface area contributed by atoms with Crippen molar-refractivity contribution >= 4 is 24.1 Å². The summed E-state index contributed by atoms with van der Waals surface area (Å²) in [5.74, 6) is -1.94. The van der Waals surface area contributed by atoms with E-state index < -0.39 is 41.7 Å². The Labute approximate surface area is 228 Å². The fourth-order valence-electron chi connectivity index (χ4n) is 4.41. The van der Waals surface area contributed by atoms with Crippen molar-refractivity contribution in [2.24, 2.45) is 0 Å². The average molecular weight is 540 g/mol. The van der Waals surface area contributed by atoms with Crippen LogP contribution in [0.5, 0.6) is 0 Å². The fourth-order valence-corrected chi connectivity index (χ4v) is 4.41. The first kappa shape index (κ1) is 29.5. The molecule has 0 saturated carbocycles. The number of rotatable bonds is 11. The van der Waals surface area contributed by atoms with E-state index in [-0.39, 0.29) is 18.9 Å². The number of carbonyl (C=O) groups excluding carboxylic acids is 3. The minimum atomic E-state index is -1.18.